The summed E-state index contributed by atoms with van der Waals surface area (Å²) in [5, 5.41) is 4.71. The van der Waals surface area contributed by atoms with Gasteiger partial charge in [-0.1, -0.05) is 286 Å². The molecule has 0 bridgehead atoms. The average Bonchev–Trinajstić information content (AvgIpc) is 1.72. The molecule has 0 saturated heterocycles. The van der Waals surface area contributed by atoms with Crippen molar-refractivity contribution in [2.24, 2.45) is 0 Å². The summed E-state index contributed by atoms with van der Waals surface area (Å²) in [7, 11) is 0. The van der Waals surface area contributed by atoms with E-state index in [4.69, 9.17) is 9.47 Å². The molecule has 0 amide bonds. The lowest BCUT2D eigenvalue weighted by Gasteiger charge is -2.42. The quantitative estimate of drug-likeness (QED) is 0.148. The molecule has 4 aliphatic rings. The van der Waals surface area contributed by atoms with Gasteiger partial charge >= 0.3 is 0 Å². The van der Waals surface area contributed by atoms with Gasteiger partial charge < -0.3 is 9.47 Å². The van der Waals surface area contributed by atoms with Gasteiger partial charge in [0.1, 0.15) is 23.0 Å². The van der Waals surface area contributed by atoms with Gasteiger partial charge in [-0.15, -0.1) is 0 Å². The zero-order chi connectivity index (χ0) is 54.7. The molecule has 2 nitrogen and oxygen atoms in total. The van der Waals surface area contributed by atoms with Crippen LogP contribution in [0, 0.1) is 0 Å². The fraction of sp³-hybridized carbons (Fsp3) is 0.0864. The SMILES string of the molecule is c1ccc(C2(c3ccccc3)c3ccccc3Oc3c(-c4cccc5c(-c6cccc7c6-c6ccccc6C76CCCC6)c6cccc(-c7cccc8c7Oc7ccccc7C8(c7ccccc7)c7ccccc7)c6cc45)cccc32)cc1. The molecule has 83 heavy (non-hydrogen) atoms. The first-order chi connectivity index (χ1) is 41.2. The molecule has 1 saturated carbocycles. The fourth-order valence-corrected chi connectivity index (χ4v) is 16.0. The number of hydrogen-bond acceptors (Lipinski definition) is 2. The third kappa shape index (κ3) is 6.66. The monoisotopic (exact) mass is 1060 g/mol. The van der Waals surface area contributed by atoms with Crippen LogP contribution in [0.3, 0.4) is 0 Å². The second-order valence-electron chi connectivity index (χ2n) is 23.1. The molecule has 0 N–H and O–H groups in total. The number of para-hydroxylation sites is 4. The summed E-state index contributed by atoms with van der Waals surface area (Å²) in [6.07, 6.45) is 4.79. The zero-order valence-electron chi connectivity index (χ0n) is 45.9. The molecule has 1 spiro atoms. The normalized spacial score (nSPS) is 15.3. The minimum Gasteiger partial charge on any atom is -0.456 e. The molecule has 2 heterocycles. The third-order valence-corrected chi connectivity index (χ3v) is 19.3. The van der Waals surface area contributed by atoms with E-state index in [2.05, 4.69) is 291 Å². The first-order valence-corrected chi connectivity index (χ1v) is 29.4. The van der Waals surface area contributed by atoms with Crippen molar-refractivity contribution in [2.75, 3.05) is 0 Å². The molecule has 2 heteroatoms. The second kappa shape index (κ2) is 18.5. The second-order valence-corrected chi connectivity index (χ2v) is 23.1. The van der Waals surface area contributed by atoms with Crippen LogP contribution >= 0.6 is 0 Å². The van der Waals surface area contributed by atoms with Gasteiger partial charge in [0.25, 0.3) is 0 Å². The molecular weight excluding hydrogens is 1000 g/mol. The summed E-state index contributed by atoms with van der Waals surface area (Å²) in [5.41, 5.74) is 20.4. The van der Waals surface area contributed by atoms with Gasteiger partial charge in [0.2, 0.25) is 0 Å². The highest BCUT2D eigenvalue weighted by Crippen LogP contribution is 2.63. The van der Waals surface area contributed by atoms with Crippen LogP contribution in [0.5, 0.6) is 23.0 Å². The Morgan fingerprint density at radius 3 is 1.06 bits per heavy atom. The van der Waals surface area contributed by atoms with E-state index in [1.165, 1.54) is 79.2 Å². The standard InChI is InChI=1S/C81H56O2/c1-5-26-53(27-6-1)80(54-28-7-2-8-29-54)68-43-15-17-48-73(68)82-77-61(39-23-46-71(77)80)57-35-21-37-59-65(57)52-66-58(36-22-38-60(66)75(59)64-41-25-45-70-76(64)63-34-13-14-42-67(63)79(70)50-19-20-51-79)62-40-24-47-72-78(62)83-74-49-18-16-44-69(74)81(72,55-30-9-3-10-31-55)56-32-11-4-12-33-56/h1-18,21-49,52H,19-20,50-51H2. The van der Waals surface area contributed by atoms with E-state index < -0.39 is 10.8 Å². The molecule has 0 radical (unpaired) electrons. The smallest absolute Gasteiger partial charge is 0.140 e. The van der Waals surface area contributed by atoms with Gasteiger partial charge in [-0.3, -0.25) is 0 Å². The molecule has 0 unspecified atom stereocenters. The zero-order valence-corrected chi connectivity index (χ0v) is 45.9. The highest BCUT2D eigenvalue weighted by molar-refractivity contribution is 6.21. The van der Waals surface area contributed by atoms with Crippen molar-refractivity contribution < 1.29 is 9.47 Å². The van der Waals surface area contributed by atoms with E-state index in [0.29, 0.717) is 0 Å². The number of ether oxygens (including phenoxy) is 2. The summed E-state index contributed by atoms with van der Waals surface area (Å²) in [4.78, 5) is 0. The highest BCUT2D eigenvalue weighted by Gasteiger charge is 2.49. The van der Waals surface area contributed by atoms with Crippen LogP contribution in [0.1, 0.15) is 81.3 Å². The van der Waals surface area contributed by atoms with E-state index in [9.17, 15) is 0 Å². The Bertz CT molecular complexity index is 4400. The van der Waals surface area contributed by atoms with Crippen molar-refractivity contribution in [1.82, 2.24) is 0 Å². The van der Waals surface area contributed by atoms with Crippen LogP contribution in [0.25, 0.3) is 66.1 Å². The van der Waals surface area contributed by atoms with Crippen molar-refractivity contribution in [1.29, 1.82) is 0 Å². The Kier molecular flexibility index (Phi) is 10.6. The van der Waals surface area contributed by atoms with Crippen LogP contribution < -0.4 is 9.47 Å². The Balaban J connectivity index is 0.985. The molecule has 17 rings (SSSR count). The summed E-state index contributed by atoms with van der Waals surface area (Å²) in [6.45, 7) is 0. The van der Waals surface area contributed by atoms with Gasteiger partial charge in [-0.25, -0.2) is 0 Å². The van der Waals surface area contributed by atoms with Crippen LogP contribution in [0.4, 0.5) is 0 Å². The minimum atomic E-state index is -0.674. The van der Waals surface area contributed by atoms with Crippen LogP contribution in [-0.4, -0.2) is 0 Å². The molecule has 13 aromatic rings. The first kappa shape index (κ1) is 47.8. The Labute approximate surface area is 484 Å². The maximum atomic E-state index is 7.43. The van der Waals surface area contributed by atoms with E-state index in [1.807, 2.05) is 0 Å². The van der Waals surface area contributed by atoms with Crippen molar-refractivity contribution in [2.45, 2.75) is 41.9 Å². The molecular formula is C81H56O2. The lowest BCUT2D eigenvalue weighted by molar-refractivity contribution is 0.436. The third-order valence-electron chi connectivity index (χ3n) is 19.3. The van der Waals surface area contributed by atoms with E-state index >= 15 is 0 Å². The Morgan fingerprint density at radius 1 is 0.241 bits per heavy atom. The van der Waals surface area contributed by atoms with E-state index in [0.717, 1.165) is 91.1 Å². The fourth-order valence-electron chi connectivity index (χ4n) is 16.0. The highest BCUT2D eigenvalue weighted by atomic mass is 16.5. The lowest BCUT2D eigenvalue weighted by Crippen LogP contribution is -2.34. The lowest BCUT2D eigenvalue weighted by atomic mass is 9.63. The first-order valence-electron chi connectivity index (χ1n) is 29.4. The Morgan fingerprint density at radius 2 is 0.590 bits per heavy atom. The van der Waals surface area contributed by atoms with Crippen LogP contribution in [0.2, 0.25) is 0 Å². The van der Waals surface area contributed by atoms with Crippen molar-refractivity contribution in [3.8, 4) is 67.5 Å². The topological polar surface area (TPSA) is 18.5 Å². The summed E-state index contributed by atoms with van der Waals surface area (Å²) in [6, 6.07) is 108. The van der Waals surface area contributed by atoms with Gasteiger partial charge in [-0.05, 0) is 119 Å². The van der Waals surface area contributed by atoms with E-state index in [-0.39, 0.29) is 5.41 Å². The molecule has 2 aliphatic carbocycles. The van der Waals surface area contributed by atoms with Crippen LogP contribution in [-0.2, 0) is 16.2 Å². The predicted molar refractivity (Wildman–Crippen MR) is 339 cm³/mol. The van der Waals surface area contributed by atoms with Crippen molar-refractivity contribution >= 4 is 21.5 Å². The molecule has 13 aromatic carbocycles. The predicted octanol–water partition coefficient (Wildman–Crippen LogP) is 20.8. The van der Waals surface area contributed by atoms with E-state index in [1.54, 1.807) is 0 Å². The van der Waals surface area contributed by atoms with Crippen LogP contribution in [0.15, 0.2) is 291 Å². The van der Waals surface area contributed by atoms with Gasteiger partial charge in [0.05, 0.1) is 10.8 Å². The minimum absolute atomic E-state index is 0.000118. The Hall–Kier alpha value is -10.0. The van der Waals surface area contributed by atoms with Crippen molar-refractivity contribution in [3.63, 3.8) is 0 Å². The van der Waals surface area contributed by atoms with Gasteiger partial charge in [-0.2, -0.15) is 0 Å². The number of hydrogen-bond donors (Lipinski definition) is 0. The number of fused-ring (bicyclic) bond motifs is 11. The number of benzene rings is 13. The number of rotatable bonds is 7. The molecule has 2 aliphatic heterocycles. The van der Waals surface area contributed by atoms with Gasteiger partial charge in [0, 0.05) is 38.8 Å². The molecule has 0 atom stereocenters. The maximum Gasteiger partial charge on any atom is 0.140 e. The molecule has 1 fully saturated rings. The van der Waals surface area contributed by atoms with Gasteiger partial charge in [0.15, 0.2) is 0 Å². The largest absolute Gasteiger partial charge is 0.456 e. The molecule has 392 valence electrons. The maximum absolute atomic E-state index is 7.43. The summed E-state index contributed by atoms with van der Waals surface area (Å²) < 4.78 is 14.9. The van der Waals surface area contributed by atoms with Crippen molar-refractivity contribution in [3.05, 3.63) is 347 Å². The molecule has 0 aromatic heterocycles. The average molecular weight is 1060 g/mol. The summed E-state index contributed by atoms with van der Waals surface area (Å²) in [5.74, 6) is 3.43. The summed E-state index contributed by atoms with van der Waals surface area (Å²) >= 11 is 0.